The van der Waals surface area contributed by atoms with Crippen molar-refractivity contribution >= 4 is 21.3 Å². The molecule has 4 heteroatoms. The SMILES string of the molecule is C=CCCN(c1ccc(C)cc1C(=C)c1ccccc1)S(=O)(=O)c1ccc(C)cc1. The minimum atomic E-state index is -3.75. The fourth-order valence-electron chi connectivity index (χ4n) is 3.32. The Kier molecular flexibility index (Phi) is 6.58. The van der Waals surface area contributed by atoms with E-state index in [0.717, 1.165) is 27.8 Å². The van der Waals surface area contributed by atoms with E-state index in [-0.39, 0.29) is 4.90 Å². The summed E-state index contributed by atoms with van der Waals surface area (Å²) in [4.78, 5) is 0.272. The van der Waals surface area contributed by atoms with Gasteiger partial charge in [-0.3, -0.25) is 4.31 Å². The highest BCUT2D eigenvalue weighted by molar-refractivity contribution is 7.92. The van der Waals surface area contributed by atoms with E-state index < -0.39 is 10.0 Å². The van der Waals surface area contributed by atoms with Gasteiger partial charge >= 0.3 is 0 Å². The molecule has 0 spiro atoms. The summed E-state index contributed by atoms with van der Waals surface area (Å²) in [6, 6.07) is 22.6. The van der Waals surface area contributed by atoms with Crippen LogP contribution in [0.2, 0.25) is 0 Å². The van der Waals surface area contributed by atoms with Gasteiger partial charge in [0.1, 0.15) is 0 Å². The first kappa shape index (κ1) is 21.6. The number of anilines is 1. The summed E-state index contributed by atoms with van der Waals surface area (Å²) in [7, 11) is -3.75. The Bertz CT molecular complexity index is 1150. The summed E-state index contributed by atoms with van der Waals surface area (Å²) < 4.78 is 28.7. The van der Waals surface area contributed by atoms with E-state index in [4.69, 9.17) is 0 Å². The van der Waals surface area contributed by atoms with Gasteiger partial charge in [-0.15, -0.1) is 6.58 Å². The quantitative estimate of drug-likeness (QED) is 0.413. The van der Waals surface area contributed by atoms with Gasteiger partial charge in [0.2, 0.25) is 0 Å². The Morgan fingerprint density at radius 1 is 0.933 bits per heavy atom. The lowest BCUT2D eigenvalue weighted by molar-refractivity contribution is 0.591. The molecule has 0 heterocycles. The second kappa shape index (κ2) is 9.14. The summed E-state index contributed by atoms with van der Waals surface area (Å²) in [6.45, 7) is 12.3. The third-order valence-corrected chi connectivity index (χ3v) is 6.84. The average molecular weight is 418 g/mol. The van der Waals surface area contributed by atoms with Gasteiger partial charge < -0.3 is 0 Å². The van der Waals surface area contributed by atoms with Crippen LogP contribution in [0.4, 0.5) is 5.69 Å². The Labute approximate surface area is 180 Å². The normalized spacial score (nSPS) is 11.1. The number of sulfonamides is 1. The first-order valence-electron chi connectivity index (χ1n) is 9.90. The molecule has 0 atom stereocenters. The lowest BCUT2D eigenvalue weighted by atomic mass is 9.96. The standard InChI is InChI=1S/C26H27NO2S/c1-5-6-18-27(30(28,29)24-15-12-20(2)13-16-24)26-17-14-21(3)19-25(26)22(4)23-10-8-7-9-11-23/h5,7-17,19H,1,4,6,18H2,2-3H3. The van der Waals surface area contributed by atoms with Crippen molar-refractivity contribution in [3.8, 4) is 0 Å². The predicted octanol–water partition coefficient (Wildman–Crippen LogP) is 6.14. The molecule has 3 rings (SSSR count). The maximum atomic E-state index is 13.6. The van der Waals surface area contributed by atoms with E-state index in [0.29, 0.717) is 18.7 Å². The van der Waals surface area contributed by atoms with Gasteiger partial charge in [0, 0.05) is 12.1 Å². The maximum Gasteiger partial charge on any atom is 0.264 e. The van der Waals surface area contributed by atoms with Gasteiger partial charge in [0.15, 0.2) is 0 Å². The third-order valence-electron chi connectivity index (χ3n) is 5.01. The molecular weight excluding hydrogens is 390 g/mol. The van der Waals surface area contributed by atoms with Crippen molar-refractivity contribution in [3.63, 3.8) is 0 Å². The van der Waals surface area contributed by atoms with Crippen molar-refractivity contribution in [2.45, 2.75) is 25.2 Å². The number of aryl methyl sites for hydroxylation is 2. The Morgan fingerprint density at radius 2 is 1.57 bits per heavy atom. The second-order valence-electron chi connectivity index (χ2n) is 7.33. The maximum absolute atomic E-state index is 13.6. The molecule has 0 aliphatic heterocycles. The van der Waals surface area contributed by atoms with Crippen LogP contribution in [0, 0.1) is 13.8 Å². The van der Waals surface area contributed by atoms with Gasteiger partial charge in [-0.25, -0.2) is 8.42 Å². The number of hydrogen-bond donors (Lipinski definition) is 0. The molecule has 3 nitrogen and oxygen atoms in total. The van der Waals surface area contributed by atoms with Gasteiger partial charge in [-0.05, 0) is 55.7 Å². The monoisotopic (exact) mass is 417 g/mol. The van der Waals surface area contributed by atoms with Crippen LogP contribution in [-0.2, 0) is 10.0 Å². The molecule has 154 valence electrons. The van der Waals surface area contributed by atoms with E-state index in [1.165, 1.54) is 4.31 Å². The molecule has 3 aromatic rings. The highest BCUT2D eigenvalue weighted by Crippen LogP contribution is 2.34. The van der Waals surface area contributed by atoms with E-state index >= 15 is 0 Å². The number of nitrogens with zero attached hydrogens (tertiary/aromatic N) is 1. The van der Waals surface area contributed by atoms with Crippen LogP contribution in [0.3, 0.4) is 0 Å². The van der Waals surface area contributed by atoms with Crippen molar-refractivity contribution in [2.75, 3.05) is 10.8 Å². The Hall–Kier alpha value is -3.11. The number of hydrogen-bond acceptors (Lipinski definition) is 2. The zero-order valence-electron chi connectivity index (χ0n) is 17.5. The van der Waals surface area contributed by atoms with Crippen molar-refractivity contribution in [2.24, 2.45) is 0 Å². The zero-order valence-corrected chi connectivity index (χ0v) is 18.3. The van der Waals surface area contributed by atoms with Crippen LogP contribution in [0.1, 0.15) is 28.7 Å². The summed E-state index contributed by atoms with van der Waals surface area (Å²) in [6.07, 6.45) is 2.27. The Balaban J connectivity index is 2.16. The van der Waals surface area contributed by atoms with Crippen LogP contribution in [0.5, 0.6) is 0 Å². The van der Waals surface area contributed by atoms with Crippen LogP contribution >= 0.6 is 0 Å². The first-order valence-corrected chi connectivity index (χ1v) is 11.3. The fraction of sp³-hybridized carbons (Fsp3) is 0.154. The van der Waals surface area contributed by atoms with E-state index in [1.54, 1.807) is 18.2 Å². The van der Waals surface area contributed by atoms with Gasteiger partial charge in [-0.1, -0.05) is 72.3 Å². The third kappa shape index (κ3) is 4.55. The number of rotatable bonds is 8. The molecular formula is C26H27NO2S. The lowest BCUT2D eigenvalue weighted by Gasteiger charge is -2.27. The van der Waals surface area contributed by atoms with Gasteiger partial charge in [-0.2, -0.15) is 0 Å². The molecule has 0 aliphatic carbocycles. The summed E-state index contributed by atoms with van der Waals surface area (Å²) in [5, 5.41) is 0. The molecule has 0 aliphatic rings. The molecule has 3 aromatic carbocycles. The molecule has 0 amide bonds. The van der Waals surface area contributed by atoms with Crippen LogP contribution in [0.25, 0.3) is 5.57 Å². The predicted molar refractivity (Wildman–Crippen MR) is 126 cm³/mol. The molecule has 0 fully saturated rings. The molecule has 0 saturated heterocycles. The molecule has 0 unspecified atom stereocenters. The van der Waals surface area contributed by atoms with Crippen molar-refractivity contribution < 1.29 is 8.42 Å². The van der Waals surface area contributed by atoms with Gasteiger partial charge in [0.25, 0.3) is 10.0 Å². The van der Waals surface area contributed by atoms with Crippen LogP contribution < -0.4 is 4.31 Å². The first-order chi connectivity index (χ1) is 14.3. The number of benzene rings is 3. The second-order valence-corrected chi connectivity index (χ2v) is 9.20. The van der Waals surface area contributed by atoms with Crippen molar-refractivity contribution in [1.29, 1.82) is 0 Å². The smallest absolute Gasteiger partial charge is 0.264 e. The average Bonchev–Trinajstić information content (AvgIpc) is 2.75. The molecule has 0 bridgehead atoms. The molecule has 0 radical (unpaired) electrons. The minimum absolute atomic E-state index is 0.272. The molecule has 30 heavy (non-hydrogen) atoms. The van der Waals surface area contributed by atoms with Gasteiger partial charge in [0.05, 0.1) is 10.6 Å². The molecule has 0 aromatic heterocycles. The molecule has 0 N–H and O–H groups in total. The van der Waals surface area contributed by atoms with Crippen LogP contribution in [-0.4, -0.2) is 15.0 Å². The minimum Gasteiger partial charge on any atom is -0.265 e. The molecule has 0 saturated carbocycles. The van der Waals surface area contributed by atoms with E-state index in [2.05, 4.69) is 13.2 Å². The zero-order chi connectivity index (χ0) is 21.7. The van der Waals surface area contributed by atoms with Crippen LogP contribution in [0.15, 0.2) is 96.9 Å². The Morgan fingerprint density at radius 3 is 2.20 bits per heavy atom. The largest absolute Gasteiger partial charge is 0.265 e. The van der Waals surface area contributed by atoms with E-state index in [9.17, 15) is 8.42 Å². The summed E-state index contributed by atoms with van der Waals surface area (Å²) in [5.74, 6) is 0. The highest BCUT2D eigenvalue weighted by Gasteiger charge is 2.27. The van der Waals surface area contributed by atoms with Crippen molar-refractivity contribution in [3.05, 3.63) is 114 Å². The lowest BCUT2D eigenvalue weighted by Crippen LogP contribution is -2.32. The summed E-state index contributed by atoms with van der Waals surface area (Å²) >= 11 is 0. The van der Waals surface area contributed by atoms with Crippen molar-refractivity contribution in [1.82, 2.24) is 0 Å². The fourth-order valence-corrected chi connectivity index (χ4v) is 4.82. The summed E-state index contributed by atoms with van der Waals surface area (Å²) in [5.41, 5.74) is 5.23. The highest BCUT2D eigenvalue weighted by atomic mass is 32.2. The topological polar surface area (TPSA) is 37.4 Å². The van der Waals surface area contributed by atoms with E-state index in [1.807, 2.05) is 74.5 Å².